The van der Waals surface area contributed by atoms with Gasteiger partial charge in [0.1, 0.15) is 5.69 Å². The molecule has 2 amide bonds. The maximum absolute atomic E-state index is 13.3. The molecule has 0 radical (unpaired) electrons. The molecule has 4 N–H and O–H groups in total. The summed E-state index contributed by atoms with van der Waals surface area (Å²) in [5, 5.41) is 3.68. The molecule has 0 fully saturated rings. The van der Waals surface area contributed by atoms with Crippen LogP contribution < -0.4 is 10.6 Å². The molecule has 0 saturated carbocycles. The highest BCUT2D eigenvalue weighted by atomic mass is 28.4. The number of hydrogen-bond acceptors (Lipinski definition) is 4. The molecule has 0 unspecified atom stereocenters. The van der Waals surface area contributed by atoms with E-state index in [0.717, 1.165) is 7.11 Å². The van der Waals surface area contributed by atoms with E-state index in [1.807, 2.05) is 0 Å². The number of amides is 2. The Morgan fingerprint density at radius 3 is 2.00 bits per heavy atom. The average Bonchev–Trinajstić information content (AvgIpc) is 2.54. The Balaban J connectivity index is 2.55. The number of rotatable bonds is 7. The Hall–Kier alpha value is -1.76. The summed E-state index contributed by atoms with van der Waals surface area (Å²) in [4.78, 5) is 29.9. The Morgan fingerprint density at radius 1 is 1.00 bits per heavy atom. The molecule has 0 aromatic heterocycles. The van der Waals surface area contributed by atoms with Crippen LogP contribution in [-0.4, -0.2) is 38.1 Å². The zero-order valence-corrected chi connectivity index (χ0v) is 13.4. The van der Waals surface area contributed by atoms with Crippen LogP contribution in [0.5, 0.6) is 0 Å². The molecule has 0 atom stereocenters. The molecule has 0 bridgehead atoms. The van der Waals surface area contributed by atoms with Gasteiger partial charge in [-0.25, -0.2) is 26.7 Å². The van der Waals surface area contributed by atoms with E-state index < -0.39 is 49.6 Å². The van der Waals surface area contributed by atoms with E-state index in [4.69, 9.17) is 0 Å². The van der Waals surface area contributed by atoms with Crippen LogP contribution in [0.4, 0.5) is 32.4 Å². The summed E-state index contributed by atoms with van der Waals surface area (Å²) >= 11 is 0. The third kappa shape index (κ3) is 5.12. The third-order valence-corrected chi connectivity index (χ3v) is 4.65. The van der Waals surface area contributed by atoms with Crippen molar-refractivity contribution in [1.82, 2.24) is 5.32 Å². The Labute approximate surface area is 134 Å². The van der Waals surface area contributed by atoms with Gasteiger partial charge in [-0.05, 0) is 12.8 Å². The molecule has 24 heavy (non-hydrogen) atoms. The Bertz CT molecular complexity index is 589. The predicted octanol–water partition coefficient (Wildman–Crippen LogP) is 1.85. The van der Waals surface area contributed by atoms with Gasteiger partial charge in [0.2, 0.25) is 5.82 Å². The lowest BCUT2D eigenvalue weighted by Crippen LogP contribution is -2.37. The predicted molar refractivity (Wildman–Crippen MR) is 74.5 cm³/mol. The number of halogens is 5. The van der Waals surface area contributed by atoms with Gasteiger partial charge in [-0.3, -0.25) is 0 Å². The van der Waals surface area contributed by atoms with Gasteiger partial charge in [0.25, 0.3) is 0 Å². The molecule has 0 aliphatic heterocycles. The summed E-state index contributed by atoms with van der Waals surface area (Å²) in [6, 6.07) is -1.20. The van der Waals surface area contributed by atoms with Gasteiger partial charge in [0.05, 0.1) is 0 Å². The van der Waals surface area contributed by atoms with Crippen LogP contribution in [0.3, 0.4) is 0 Å². The molecule has 1 aromatic rings. The van der Waals surface area contributed by atoms with Gasteiger partial charge in [-0.1, -0.05) is 0 Å². The van der Waals surface area contributed by atoms with Gasteiger partial charge in [-0.2, -0.15) is 0 Å². The largest absolute Gasteiger partial charge is 0.495 e. The number of carbonyl (C=O) groups is 1. The second kappa shape index (κ2) is 8.37. The van der Waals surface area contributed by atoms with Crippen molar-refractivity contribution >= 4 is 20.5 Å². The van der Waals surface area contributed by atoms with Crippen molar-refractivity contribution in [1.29, 1.82) is 0 Å². The van der Waals surface area contributed by atoms with E-state index in [1.165, 1.54) is 0 Å². The van der Waals surface area contributed by atoms with Gasteiger partial charge in [-0.15, -0.1) is 0 Å². The normalized spacial score (nSPS) is 11.5. The molecular weight excluding hydrogens is 359 g/mol. The number of urea groups is 1. The number of unbranched alkanes of at least 4 members (excludes halogenated alkanes) is 1. The first-order valence-corrected chi connectivity index (χ1v) is 8.68. The van der Waals surface area contributed by atoms with Crippen molar-refractivity contribution in [2.75, 3.05) is 19.0 Å². The molecule has 1 rings (SSSR count). The van der Waals surface area contributed by atoms with Crippen molar-refractivity contribution in [3.05, 3.63) is 29.1 Å². The number of anilines is 1. The second-order valence-corrected chi connectivity index (χ2v) is 7.12. The summed E-state index contributed by atoms with van der Waals surface area (Å²) in [6.45, 7) is -0.0323. The topological polar surface area (TPSA) is 90.8 Å². The summed E-state index contributed by atoms with van der Waals surface area (Å²) in [6.07, 6.45) is 0.541. The first-order chi connectivity index (χ1) is 11.1. The molecule has 12 heteroatoms. The van der Waals surface area contributed by atoms with Crippen LogP contribution in [0, 0.1) is 29.1 Å². The quantitative estimate of drug-likeness (QED) is 0.193. The van der Waals surface area contributed by atoms with Crippen LogP contribution in [0.1, 0.15) is 12.8 Å². The molecule has 0 aliphatic carbocycles. The highest BCUT2D eigenvalue weighted by Crippen LogP contribution is 2.26. The van der Waals surface area contributed by atoms with Crippen LogP contribution >= 0.6 is 0 Å². The lowest BCUT2D eigenvalue weighted by atomic mass is 10.2. The van der Waals surface area contributed by atoms with Gasteiger partial charge in [0.15, 0.2) is 23.3 Å². The highest BCUT2D eigenvalue weighted by molar-refractivity contribution is 6.57. The average molecular weight is 374 g/mol. The molecule has 136 valence electrons. The number of carbonyl (C=O) groups excluding carboxylic acids is 1. The Morgan fingerprint density at radius 2 is 1.50 bits per heavy atom. The molecular formula is C12H15F5N2O4Si. The van der Waals surface area contributed by atoms with Crippen molar-refractivity contribution < 1.29 is 40.8 Å². The zero-order chi connectivity index (χ0) is 18.5. The fourth-order valence-corrected chi connectivity index (χ4v) is 2.57. The second-order valence-electron chi connectivity index (χ2n) is 4.73. The number of hydrogen-bond donors (Lipinski definition) is 4. The van der Waals surface area contributed by atoms with E-state index in [9.17, 15) is 36.3 Å². The number of nitrogens with one attached hydrogen (secondary N) is 2. The van der Waals surface area contributed by atoms with Crippen molar-refractivity contribution in [3.63, 3.8) is 0 Å². The van der Waals surface area contributed by atoms with Gasteiger partial charge in [0, 0.05) is 19.7 Å². The Kier molecular flexibility index (Phi) is 7.07. The third-order valence-electron chi connectivity index (χ3n) is 2.99. The van der Waals surface area contributed by atoms with Crippen LogP contribution in [0.15, 0.2) is 0 Å². The maximum Gasteiger partial charge on any atom is 0.495 e. The maximum atomic E-state index is 13.3. The van der Waals surface area contributed by atoms with E-state index in [2.05, 4.69) is 9.74 Å². The molecule has 0 spiro atoms. The van der Waals surface area contributed by atoms with E-state index in [0.29, 0.717) is 0 Å². The van der Waals surface area contributed by atoms with Crippen LogP contribution in [-0.2, 0) is 4.43 Å². The van der Waals surface area contributed by atoms with Crippen molar-refractivity contribution in [2.24, 2.45) is 0 Å². The van der Waals surface area contributed by atoms with Crippen LogP contribution in [0.2, 0.25) is 6.04 Å². The van der Waals surface area contributed by atoms with Gasteiger partial charge >= 0.3 is 14.8 Å². The molecule has 0 saturated heterocycles. The summed E-state index contributed by atoms with van der Waals surface area (Å²) in [5.74, 6) is -11.0. The molecule has 0 aliphatic rings. The van der Waals surface area contributed by atoms with Crippen molar-refractivity contribution in [3.8, 4) is 0 Å². The standard InChI is InChI=1S/C12H15F5N2O4Si/c1-23-24(21,22)5-3-2-4-18-12(20)19-11-9(16)7(14)6(13)8(15)10(11)17/h21-22H,2-5H2,1H3,(H2,18,19,20). The van der Waals surface area contributed by atoms with Crippen LogP contribution in [0.25, 0.3) is 0 Å². The zero-order valence-electron chi connectivity index (χ0n) is 12.4. The molecule has 6 nitrogen and oxygen atoms in total. The smallest absolute Gasteiger partial charge is 0.390 e. The fraction of sp³-hybridized carbons (Fsp3) is 0.417. The highest BCUT2D eigenvalue weighted by Gasteiger charge is 2.29. The van der Waals surface area contributed by atoms with E-state index in [-0.39, 0.29) is 25.4 Å². The molecule has 1 aromatic carbocycles. The van der Waals surface area contributed by atoms with E-state index >= 15 is 0 Å². The minimum Gasteiger partial charge on any atom is -0.390 e. The minimum absolute atomic E-state index is 0.0234. The first-order valence-electron chi connectivity index (χ1n) is 6.67. The SMILES string of the molecule is CO[Si](O)(O)CCCCNC(=O)Nc1c(F)c(F)c(F)c(F)c1F. The summed E-state index contributed by atoms with van der Waals surface area (Å²) in [5.41, 5.74) is -1.46. The van der Waals surface area contributed by atoms with Crippen molar-refractivity contribution in [2.45, 2.75) is 18.9 Å². The minimum atomic E-state index is -3.69. The number of benzene rings is 1. The first kappa shape index (κ1) is 20.3. The summed E-state index contributed by atoms with van der Waals surface area (Å²) < 4.78 is 69.9. The fourth-order valence-electron chi connectivity index (χ4n) is 1.66. The van der Waals surface area contributed by atoms with Gasteiger partial charge < -0.3 is 24.7 Å². The molecule has 0 heterocycles. The lowest BCUT2D eigenvalue weighted by Gasteiger charge is -2.14. The summed E-state index contributed by atoms with van der Waals surface area (Å²) in [7, 11) is -2.55. The lowest BCUT2D eigenvalue weighted by molar-refractivity contribution is 0.183. The monoisotopic (exact) mass is 374 g/mol. The van der Waals surface area contributed by atoms with E-state index in [1.54, 1.807) is 5.32 Å².